The highest BCUT2D eigenvalue weighted by Crippen LogP contribution is 2.16. The second-order valence-corrected chi connectivity index (χ2v) is 3.86. The molecule has 0 saturated carbocycles. The maximum Gasteiger partial charge on any atom is 0.273 e. The number of aromatic nitrogens is 5. The van der Waals surface area contributed by atoms with Gasteiger partial charge in [0.2, 0.25) is 0 Å². The van der Waals surface area contributed by atoms with Crippen LogP contribution in [-0.4, -0.2) is 31.1 Å². The molecule has 0 radical (unpaired) electrons. The first-order valence-corrected chi connectivity index (χ1v) is 5.24. The van der Waals surface area contributed by atoms with Gasteiger partial charge in [-0.05, 0) is 13.8 Å². The van der Waals surface area contributed by atoms with Crippen LogP contribution in [0.1, 0.15) is 34.7 Å². The van der Waals surface area contributed by atoms with Crippen LogP contribution in [0.15, 0.2) is 12.4 Å². The lowest BCUT2D eigenvalue weighted by atomic mass is 10.1. The summed E-state index contributed by atoms with van der Waals surface area (Å²) in [5.74, 6) is -0.255. The third kappa shape index (κ3) is 2.17. The van der Waals surface area contributed by atoms with E-state index in [0.29, 0.717) is 0 Å². The first kappa shape index (κ1) is 11.3. The van der Waals surface area contributed by atoms with Gasteiger partial charge in [-0.15, -0.1) is 0 Å². The molecule has 0 aliphatic carbocycles. The van der Waals surface area contributed by atoms with E-state index >= 15 is 0 Å². The van der Waals surface area contributed by atoms with Crippen molar-refractivity contribution in [2.75, 3.05) is 0 Å². The van der Waals surface area contributed by atoms with Gasteiger partial charge in [-0.2, -0.15) is 20.5 Å². The number of nitrogens with zero attached hydrogens (tertiary/aromatic N) is 4. The van der Waals surface area contributed by atoms with Crippen LogP contribution in [0.5, 0.6) is 0 Å². The maximum atomic E-state index is 11.7. The fourth-order valence-corrected chi connectivity index (χ4v) is 1.60. The van der Waals surface area contributed by atoms with Gasteiger partial charge in [-0.3, -0.25) is 9.48 Å². The summed E-state index contributed by atoms with van der Waals surface area (Å²) in [6.07, 6.45) is 3.14. The van der Waals surface area contributed by atoms with Gasteiger partial charge in [0.1, 0.15) is 0 Å². The van der Waals surface area contributed by atoms with E-state index in [9.17, 15) is 4.79 Å². The molecule has 2 N–H and O–H groups in total. The van der Waals surface area contributed by atoms with Crippen LogP contribution in [0.4, 0.5) is 0 Å². The lowest BCUT2D eigenvalue weighted by Gasteiger charge is -2.12. The molecule has 1 unspecified atom stereocenters. The SMILES string of the molecule is Cc1c(C(C)NC(=O)c2cn[nH]n2)cnn1C. The summed E-state index contributed by atoms with van der Waals surface area (Å²) in [5.41, 5.74) is 2.29. The quantitative estimate of drug-likeness (QED) is 0.801. The highest BCUT2D eigenvalue weighted by molar-refractivity contribution is 5.92. The minimum Gasteiger partial charge on any atom is -0.344 e. The van der Waals surface area contributed by atoms with Crippen LogP contribution < -0.4 is 5.32 Å². The number of carbonyl (C=O) groups is 1. The predicted molar refractivity (Wildman–Crippen MR) is 60.2 cm³/mol. The van der Waals surface area contributed by atoms with Crippen molar-refractivity contribution >= 4 is 5.91 Å². The molecule has 2 aromatic rings. The Labute approximate surface area is 98.2 Å². The van der Waals surface area contributed by atoms with Gasteiger partial charge >= 0.3 is 0 Å². The largest absolute Gasteiger partial charge is 0.344 e. The van der Waals surface area contributed by atoms with Crippen LogP contribution >= 0.6 is 0 Å². The van der Waals surface area contributed by atoms with E-state index in [1.807, 2.05) is 20.9 Å². The fraction of sp³-hybridized carbons (Fsp3) is 0.400. The van der Waals surface area contributed by atoms with Gasteiger partial charge in [-0.1, -0.05) is 0 Å². The summed E-state index contributed by atoms with van der Waals surface area (Å²) in [7, 11) is 1.87. The number of aromatic amines is 1. The molecule has 0 aliphatic rings. The normalized spacial score (nSPS) is 12.4. The van der Waals surface area contributed by atoms with Gasteiger partial charge in [0.25, 0.3) is 5.91 Å². The van der Waals surface area contributed by atoms with Crippen LogP contribution in [-0.2, 0) is 7.05 Å². The zero-order valence-electron chi connectivity index (χ0n) is 9.93. The number of amides is 1. The summed E-state index contributed by atoms with van der Waals surface area (Å²) >= 11 is 0. The van der Waals surface area contributed by atoms with E-state index in [1.165, 1.54) is 6.20 Å². The molecule has 2 heterocycles. The van der Waals surface area contributed by atoms with E-state index in [-0.39, 0.29) is 17.6 Å². The average Bonchev–Trinajstić information content (AvgIpc) is 2.90. The Morgan fingerprint density at radius 2 is 2.29 bits per heavy atom. The van der Waals surface area contributed by atoms with Gasteiger partial charge in [0, 0.05) is 18.3 Å². The van der Waals surface area contributed by atoms with Crippen molar-refractivity contribution in [1.29, 1.82) is 0 Å². The molecule has 17 heavy (non-hydrogen) atoms. The number of hydrogen-bond donors (Lipinski definition) is 2. The van der Waals surface area contributed by atoms with Gasteiger partial charge in [0.15, 0.2) is 5.69 Å². The highest BCUT2D eigenvalue weighted by Gasteiger charge is 2.16. The topological polar surface area (TPSA) is 88.5 Å². The second kappa shape index (κ2) is 4.36. The first-order chi connectivity index (χ1) is 8.09. The average molecular weight is 234 g/mol. The van der Waals surface area contributed by atoms with Crippen molar-refractivity contribution in [2.24, 2.45) is 7.05 Å². The Morgan fingerprint density at radius 1 is 1.53 bits per heavy atom. The third-order valence-electron chi connectivity index (χ3n) is 2.73. The maximum absolute atomic E-state index is 11.7. The van der Waals surface area contributed by atoms with Crippen molar-refractivity contribution in [3.63, 3.8) is 0 Å². The molecule has 0 saturated heterocycles. The van der Waals surface area contributed by atoms with E-state index in [0.717, 1.165) is 11.3 Å². The predicted octanol–water partition coefficient (Wildman–Crippen LogP) is 0.338. The van der Waals surface area contributed by atoms with Crippen LogP contribution in [0.25, 0.3) is 0 Å². The Balaban J connectivity index is 2.10. The molecule has 2 aromatic heterocycles. The summed E-state index contributed by atoms with van der Waals surface area (Å²) in [6, 6.07) is -0.118. The summed E-state index contributed by atoms with van der Waals surface area (Å²) in [5, 5.41) is 16.7. The van der Waals surface area contributed by atoms with Gasteiger partial charge in [-0.25, -0.2) is 0 Å². The number of aryl methyl sites for hydroxylation is 1. The van der Waals surface area contributed by atoms with Crippen molar-refractivity contribution in [1.82, 2.24) is 30.5 Å². The third-order valence-corrected chi connectivity index (χ3v) is 2.73. The molecule has 7 nitrogen and oxygen atoms in total. The number of hydrogen-bond acceptors (Lipinski definition) is 4. The second-order valence-electron chi connectivity index (χ2n) is 3.86. The molecule has 2 rings (SSSR count). The Kier molecular flexibility index (Phi) is 2.90. The monoisotopic (exact) mass is 234 g/mol. The minimum atomic E-state index is -0.255. The molecule has 1 atom stereocenters. The van der Waals surface area contributed by atoms with Crippen molar-refractivity contribution in [2.45, 2.75) is 19.9 Å². The molecular weight excluding hydrogens is 220 g/mol. The molecule has 90 valence electrons. The molecule has 0 spiro atoms. The van der Waals surface area contributed by atoms with Crippen LogP contribution in [0, 0.1) is 6.92 Å². The smallest absolute Gasteiger partial charge is 0.273 e. The lowest BCUT2D eigenvalue weighted by molar-refractivity contribution is 0.0934. The van der Waals surface area contributed by atoms with Crippen molar-refractivity contribution in [3.8, 4) is 0 Å². The van der Waals surface area contributed by atoms with E-state index in [2.05, 4.69) is 25.8 Å². The van der Waals surface area contributed by atoms with E-state index in [1.54, 1.807) is 10.9 Å². The molecule has 0 aliphatic heterocycles. The minimum absolute atomic E-state index is 0.118. The van der Waals surface area contributed by atoms with Crippen LogP contribution in [0.2, 0.25) is 0 Å². The standard InChI is InChI=1S/C10H14N6O/c1-6(8-4-12-16(3)7(8)2)13-10(17)9-5-11-15-14-9/h4-6H,1-3H3,(H,13,17)(H,11,14,15). The number of nitrogens with one attached hydrogen (secondary N) is 2. The van der Waals surface area contributed by atoms with Gasteiger partial charge < -0.3 is 5.32 Å². The summed E-state index contributed by atoms with van der Waals surface area (Å²) in [6.45, 7) is 3.86. The number of carbonyl (C=O) groups excluding carboxylic acids is 1. The molecule has 1 amide bonds. The molecule has 0 bridgehead atoms. The molecule has 7 heteroatoms. The van der Waals surface area contributed by atoms with Crippen LogP contribution in [0.3, 0.4) is 0 Å². The summed E-state index contributed by atoms with van der Waals surface area (Å²) < 4.78 is 1.77. The van der Waals surface area contributed by atoms with Gasteiger partial charge in [0.05, 0.1) is 18.4 Å². The fourth-order valence-electron chi connectivity index (χ4n) is 1.60. The molecule has 0 aromatic carbocycles. The Hall–Kier alpha value is -2.18. The zero-order valence-corrected chi connectivity index (χ0v) is 9.93. The van der Waals surface area contributed by atoms with E-state index < -0.39 is 0 Å². The lowest BCUT2D eigenvalue weighted by Crippen LogP contribution is -2.27. The Morgan fingerprint density at radius 3 is 2.82 bits per heavy atom. The summed E-state index contributed by atoms with van der Waals surface area (Å²) in [4.78, 5) is 11.7. The highest BCUT2D eigenvalue weighted by atomic mass is 16.2. The molecule has 0 fully saturated rings. The molecular formula is C10H14N6O. The zero-order chi connectivity index (χ0) is 12.4. The number of rotatable bonds is 3. The number of H-pyrrole nitrogens is 1. The first-order valence-electron chi connectivity index (χ1n) is 5.24. The van der Waals surface area contributed by atoms with E-state index in [4.69, 9.17) is 0 Å². The van der Waals surface area contributed by atoms with Crippen molar-refractivity contribution < 1.29 is 4.79 Å². The Bertz CT molecular complexity index is 515. The van der Waals surface area contributed by atoms with Crippen molar-refractivity contribution in [3.05, 3.63) is 29.3 Å².